The molecule has 1 aromatic rings. The molecule has 1 saturated heterocycles. The molecule has 0 amide bonds. The summed E-state index contributed by atoms with van der Waals surface area (Å²) in [6.07, 6.45) is 2.50. The van der Waals surface area contributed by atoms with E-state index in [-0.39, 0.29) is 0 Å². The largest absolute Gasteiger partial charge is 0.367 e. The van der Waals surface area contributed by atoms with Gasteiger partial charge in [0, 0.05) is 19.8 Å². The first-order valence-electron chi connectivity index (χ1n) is 6.91. The van der Waals surface area contributed by atoms with Crippen LogP contribution in [0.2, 0.25) is 0 Å². The third-order valence-corrected chi connectivity index (χ3v) is 3.22. The maximum absolute atomic E-state index is 5.80. The van der Waals surface area contributed by atoms with E-state index in [2.05, 4.69) is 10.1 Å². The number of rotatable bonds is 6. The van der Waals surface area contributed by atoms with Gasteiger partial charge in [0.25, 0.3) is 5.89 Å². The lowest BCUT2D eigenvalue weighted by Crippen LogP contribution is -2.31. The van der Waals surface area contributed by atoms with Gasteiger partial charge < -0.3 is 18.7 Å². The van der Waals surface area contributed by atoms with Crippen LogP contribution in [0.5, 0.6) is 0 Å². The summed E-state index contributed by atoms with van der Waals surface area (Å²) in [5.41, 5.74) is -0.455. The summed E-state index contributed by atoms with van der Waals surface area (Å²) in [5, 5.41) is 4.03. The summed E-state index contributed by atoms with van der Waals surface area (Å²) in [6, 6.07) is 0. The van der Waals surface area contributed by atoms with E-state index in [1.54, 1.807) is 0 Å². The van der Waals surface area contributed by atoms with Gasteiger partial charge in [0.15, 0.2) is 0 Å². The molecule has 0 aromatic carbocycles. The summed E-state index contributed by atoms with van der Waals surface area (Å²) >= 11 is 0. The van der Waals surface area contributed by atoms with E-state index >= 15 is 0 Å². The fraction of sp³-hybridized carbons (Fsp3) is 0.846. The van der Waals surface area contributed by atoms with Crippen LogP contribution < -0.4 is 0 Å². The number of hydrogen-bond acceptors (Lipinski definition) is 6. The summed E-state index contributed by atoms with van der Waals surface area (Å²) in [7, 11) is 0. The molecule has 19 heavy (non-hydrogen) atoms. The Morgan fingerprint density at radius 3 is 2.58 bits per heavy atom. The molecule has 1 unspecified atom stereocenters. The monoisotopic (exact) mass is 270 g/mol. The van der Waals surface area contributed by atoms with Crippen LogP contribution in [0.25, 0.3) is 0 Å². The second-order valence-electron chi connectivity index (χ2n) is 4.74. The van der Waals surface area contributed by atoms with Gasteiger partial charge in [-0.3, -0.25) is 0 Å². The highest BCUT2D eigenvalue weighted by Gasteiger charge is 2.36. The summed E-state index contributed by atoms with van der Waals surface area (Å²) < 4.78 is 21.9. The van der Waals surface area contributed by atoms with Crippen molar-refractivity contribution in [1.29, 1.82) is 0 Å². The number of aromatic nitrogens is 2. The van der Waals surface area contributed by atoms with Gasteiger partial charge in [-0.05, 0) is 40.0 Å². The highest BCUT2D eigenvalue weighted by molar-refractivity contribution is 5.01. The molecule has 1 aromatic heterocycles. The Morgan fingerprint density at radius 2 is 2.00 bits per heavy atom. The highest BCUT2D eigenvalue weighted by atomic mass is 16.7. The normalized spacial score (nSPS) is 24.0. The van der Waals surface area contributed by atoms with Gasteiger partial charge in [-0.1, -0.05) is 5.16 Å². The minimum atomic E-state index is -0.594. The third kappa shape index (κ3) is 3.32. The molecule has 6 heteroatoms. The van der Waals surface area contributed by atoms with Gasteiger partial charge in [-0.25, -0.2) is 0 Å². The fourth-order valence-corrected chi connectivity index (χ4v) is 2.15. The summed E-state index contributed by atoms with van der Waals surface area (Å²) in [6.45, 7) is 7.58. The lowest BCUT2D eigenvalue weighted by molar-refractivity contribution is -0.155. The lowest BCUT2D eigenvalue weighted by Gasteiger charge is -2.30. The van der Waals surface area contributed by atoms with E-state index in [0.29, 0.717) is 24.9 Å². The minimum absolute atomic E-state index is 0.356. The summed E-state index contributed by atoms with van der Waals surface area (Å²) in [4.78, 5) is 4.39. The maximum Gasteiger partial charge on any atom is 0.283 e. The molecule has 0 bridgehead atoms. The zero-order chi connectivity index (χ0) is 13.7. The zero-order valence-corrected chi connectivity index (χ0v) is 11.8. The zero-order valence-electron chi connectivity index (χ0n) is 11.8. The molecule has 0 saturated carbocycles. The van der Waals surface area contributed by atoms with Crippen molar-refractivity contribution in [3.05, 3.63) is 11.7 Å². The molecular formula is C13H22N2O4. The smallest absolute Gasteiger partial charge is 0.283 e. The van der Waals surface area contributed by atoms with Gasteiger partial charge in [0.1, 0.15) is 5.60 Å². The van der Waals surface area contributed by atoms with Crippen molar-refractivity contribution < 1.29 is 18.7 Å². The van der Waals surface area contributed by atoms with Crippen LogP contribution in [0.3, 0.4) is 0 Å². The third-order valence-electron chi connectivity index (χ3n) is 3.22. The van der Waals surface area contributed by atoms with Crippen LogP contribution >= 0.6 is 0 Å². The second kappa shape index (κ2) is 6.45. The van der Waals surface area contributed by atoms with Crippen LogP contribution in [-0.2, 0) is 19.8 Å². The van der Waals surface area contributed by atoms with Gasteiger partial charge >= 0.3 is 0 Å². The van der Waals surface area contributed by atoms with Crippen molar-refractivity contribution in [3.63, 3.8) is 0 Å². The molecule has 2 heterocycles. The second-order valence-corrected chi connectivity index (χ2v) is 4.74. The molecule has 0 N–H and O–H groups in total. The average molecular weight is 270 g/mol. The molecule has 0 radical (unpaired) electrons. The van der Waals surface area contributed by atoms with E-state index in [1.165, 1.54) is 0 Å². The van der Waals surface area contributed by atoms with Crippen molar-refractivity contribution in [2.24, 2.45) is 0 Å². The Morgan fingerprint density at radius 1 is 1.26 bits per heavy atom. The molecule has 1 fully saturated rings. The first-order valence-corrected chi connectivity index (χ1v) is 6.91. The van der Waals surface area contributed by atoms with E-state index in [1.807, 2.05) is 20.8 Å². The Kier molecular flexibility index (Phi) is 4.90. The SMILES string of the molecule is CCOC(OCC)c1nc(C2(C)CCCCO2)no1. The van der Waals surface area contributed by atoms with E-state index < -0.39 is 11.9 Å². The number of nitrogens with zero attached hydrogens (tertiary/aromatic N) is 2. The summed E-state index contributed by atoms with van der Waals surface area (Å²) in [5.74, 6) is 0.931. The van der Waals surface area contributed by atoms with Gasteiger partial charge in [-0.2, -0.15) is 4.98 Å². The van der Waals surface area contributed by atoms with Crippen LogP contribution in [0.15, 0.2) is 4.52 Å². The van der Waals surface area contributed by atoms with Crippen molar-refractivity contribution in [3.8, 4) is 0 Å². The van der Waals surface area contributed by atoms with Gasteiger partial charge in [-0.15, -0.1) is 0 Å². The van der Waals surface area contributed by atoms with E-state index in [4.69, 9.17) is 18.7 Å². The van der Waals surface area contributed by atoms with Crippen LogP contribution in [0.4, 0.5) is 0 Å². The molecule has 0 aliphatic carbocycles. The molecule has 108 valence electrons. The molecule has 1 atom stereocenters. The highest BCUT2D eigenvalue weighted by Crippen LogP contribution is 2.33. The van der Waals surface area contributed by atoms with Crippen molar-refractivity contribution in [1.82, 2.24) is 10.1 Å². The predicted molar refractivity (Wildman–Crippen MR) is 67.4 cm³/mol. The van der Waals surface area contributed by atoms with E-state index in [0.717, 1.165) is 25.9 Å². The Labute approximate surface area is 113 Å². The quantitative estimate of drug-likeness (QED) is 0.740. The van der Waals surface area contributed by atoms with E-state index in [9.17, 15) is 0 Å². The van der Waals surface area contributed by atoms with Crippen molar-refractivity contribution in [2.45, 2.75) is 51.9 Å². The maximum atomic E-state index is 5.80. The van der Waals surface area contributed by atoms with Gasteiger partial charge in [0.05, 0.1) is 0 Å². The molecule has 0 spiro atoms. The van der Waals surface area contributed by atoms with Crippen LogP contribution in [-0.4, -0.2) is 30.0 Å². The minimum Gasteiger partial charge on any atom is -0.367 e. The molecule has 2 rings (SSSR count). The lowest BCUT2D eigenvalue weighted by atomic mass is 9.95. The molecule has 6 nitrogen and oxygen atoms in total. The van der Waals surface area contributed by atoms with Gasteiger partial charge in [0.2, 0.25) is 12.1 Å². The fourth-order valence-electron chi connectivity index (χ4n) is 2.15. The van der Waals surface area contributed by atoms with Crippen LogP contribution in [0, 0.1) is 0 Å². The Hall–Kier alpha value is -0.980. The molecule has 1 aliphatic rings. The molecule has 1 aliphatic heterocycles. The van der Waals surface area contributed by atoms with Crippen LogP contribution in [0.1, 0.15) is 58.0 Å². The topological polar surface area (TPSA) is 66.6 Å². The first kappa shape index (κ1) is 14.4. The van der Waals surface area contributed by atoms with Crippen molar-refractivity contribution >= 4 is 0 Å². The first-order chi connectivity index (χ1) is 9.19. The predicted octanol–water partition coefficient (Wildman–Crippen LogP) is 2.56. The Bertz CT molecular complexity index is 382. The standard InChI is InChI=1S/C13H22N2O4/c1-4-16-11(17-5-2)10-14-12(15-19-10)13(3)8-6-7-9-18-13/h11H,4-9H2,1-3H3. The Balaban J connectivity index is 2.12. The number of hydrogen-bond donors (Lipinski definition) is 0. The number of ether oxygens (including phenoxy) is 3. The average Bonchev–Trinajstić information content (AvgIpc) is 2.90. The molecular weight excluding hydrogens is 248 g/mol. The van der Waals surface area contributed by atoms with Crippen molar-refractivity contribution in [2.75, 3.05) is 19.8 Å².